The molecule has 1 N–H and O–H groups in total. The minimum Gasteiger partial charge on any atom is -0.439 e. The molecule has 5 nitrogen and oxygen atoms in total. The lowest BCUT2D eigenvalue weighted by Crippen LogP contribution is -2.12. The molecule has 0 saturated heterocycles. The highest BCUT2D eigenvalue weighted by Crippen LogP contribution is 2.26. The number of hydrogen-bond donors (Lipinski definition) is 1. The molecule has 0 atom stereocenters. The maximum Gasteiger partial charge on any atom is 0.267 e. The number of H-pyrrole nitrogens is 1. The molecule has 0 spiro atoms. The molecule has 0 aliphatic rings. The summed E-state index contributed by atoms with van der Waals surface area (Å²) >= 11 is 2.28. The Kier molecular flexibility index (Phi) is 5.47. The van der Waals surface area contributed by atoms with Gasteiger partial charge in [-0.3, -0.25) is 4.79 Å². The van der Waals surface area contributed by atoms with Gasteiger partial charge in [0.05, 0.1) is 11.4 Å². The van der Waals surface area contributed by atoms with E-state index in [1.54, 1.807) is 6.92 Å². The van der Waals surface area contributed by atoms with Crippen LogP contribution in [0.5, 0.6) is 11.6 Å². The highest BCUT2D eigenvalue weighted by Gasteiger charge is 2.07. The molecule has 0 bridgehead atoms. The predicted octanol–water partition coefficient (Wildman–Crippen LogP) is 4.10. The van der Waals surface area contributed by atoms with E-state index in [4.69, 9.17) is 4.74 Å². The summed E-state index contributed by atoms with van der Waals surface area (Å²) in [5.41, 5.74) is 4.41. The van der Waals surface area contributed by atoms with Crippen molar-refractivity contribution in [2.75, 3.05) is 0 Å². The summed E-state index contributed by atoms with van der Waals surface area (Å²) in [6, 6.07) is 13.6. The van der Waals surface area contributed by atoms with Crippen LogP contribution in [0.1, 0.15) is 28.1 Å². The molecule has 1 aromatic carbocycles. The molecule has 0 fully saturated rings. The zero-order chi connectivity index (χ0) is 17.8. The van der Waals surface area contributed by atoms with E-state index in [9.17, 15) is 4.79 Å². The third kappa shape index (κ3) is 4.45. The summed E-state index contributed by atoms with van der Waals surface area (Å²) < 4.78 is 6.82. The monoisotopic (exact) mass is 447 g/mol. The number of alkyl halides is 1. The van der Waals surface area contributed by atoms with E-state index in [1.807, 2.05) is 49.4 Å². The largest absolute Gasteiger partial charge is 0.439 e. The Morgan fingerprint density at radius 1 is 1.08 bits per heavy atom. The van der Waals surface area contributed by atoms with Crippen molar-refractivity contribution in [3.63, 3.8) is 0 Å². The fraction of sp³-hybridized carbons (Fsp3) is 0.211. The maximum atomic E-state index is 11.4. The van der Waals surface area contributed by atoms with Crippen LogP contribution in [-0.4, -0.2) is 15.2 Å². The predicted molar refractivity (Wildman–Crippen MR) is 106 cm³/mol. The van der Waals surface area contributed by atoms with Crippen LogP contribution in [-0.2, 0) is 10.8 Å². The first kappa shape index (κ1) is 17.6. The number of aromatic amines is 1. The Balaban J connectivity index is 1.84. The quantitative estimate of drug-likeness (QED) is 0.473. The molecule has 3 rings (SSSR count). The van der Waals surface area contributed by atoms with Gasteiger partial charge in [-0.05, 0) is 43.2 Å². The molecule has 0 unspecified atom stereocenters. The van der Waals surface area contributed by atoms with Gasteiger partial charge >= 0.3 is 0 Å². The molecule has 128 valence electrons. The van der Waals surface area contributed by atoms with Crippen molar-refractivity contribution in [1.82, 2.24) is 15.2 Å². The minimum absolute atomic E-state index is 0.155. The summed E-state index contributed by atoms with van der Waals surface area (Å²) in [4.78, 5) is 15.9. The molecule has 3 aromatic rings. The van der Waals surface area contributed by atoms with Gasteiger partial charge in [0.25, 0.3) is 5.56 Å². The number of rotatable bonds is 5. The standard InChI is InChI=1S/C19H18IN3O2/c1-12-6-7-14(9-16-8-13(2)19(24)23-22-16)10-17(12)25-18-5-3-4-15(11-20)21-18/h3-8,10H,9,11H2,1-2H3,(H,23,24). The maximum absolute atomic E-state index is 11.4. The van der Waals surface area contributed by atoms with Crippen LogP contribution in [0, 0.1) is 13.8 Å². The number of nitrogens with one attached hydrogen (secondary N) is 1. The van der Waals surface area contributed by atoms with Crippen LogP contribution >= 0.6 is 22.6 Å². The van der Waals surface area contributed by atoms with Gasteiger partial charge in [0, 0.05) is 22.5 Å². The van der Waals surface area contributed by atoms with Gasteiger partial charge in [-0.2, -0.15) is 5.10 Å². The molecule has 0 saturated carbocycles. The Hall–Kier alpha value is -2.22. The SMILES string of the molecule is Cc1ccc(Cc2cc(C)c(=O)[nH]n2)cc1Oc1cccc(CI)n1. The molecule has 0 aliphatic carbocycles. The first-order chi connectivity index (χ1) is 12.0. The van der Waals surface area contributed by atoms with Crippen molar-refractivity contribution in [1.29, 1.82) is 0 Å². The lowest BCUT2D eigenvalue weighted by Gasteiger charge is -2.11. The lowest BCUT2D eigenvalue weighted by molar-refractivity contribution is 0.457. The van der Waals surface area contributed by atoms with Gasteiger partial charge in [0.2, 0.25) is 5.88 Å². The average Bonchev–Trinajstić information content (AvgIpc) is 2.61. The first-order valence-electron chi connectivity index (χ1n) is 7.89. The second-order valence-electron chi connectivity index (χ2n) is 5.85. The molecule has 2 heterocycles. The second kappa shape index (κ2) is 7.77. The van der Waals surface area contributed by atoms with Crippen molar-refractivity contribution in [3.05, 3.63) is 80.9 Å². The van der Waals surface area contributed by atoms with Crippen LogP contribution in [0.4, 0.5) is 0 Å². The Morgan fingerprint density at radius 2 is 1.92 bits per heavy atom. The molecule has 25 heavy (non-hydrogen) atoms. The number of aromatic nitrogens is 3. The number of aryl methyl sites for hydroxylation is 2. The van der Waals surface area contributed by atoms with E-state index < -0.39 is 0 Å². The fourth-order valence-corrected chi connectivity index (χ4v) is 2.85. The highest BCUT2D eigenvalue weighted by molar-refractivity contribution is 14.1. The Labute approximate surface area is 159 Å². The van der Waals surface area contributed by atoms with E-state index in [1.165, 1.54) is 0 Å². The summed E-state index contributed by atoms with van der Waals surface area (Å²) in [5, 5.41) is 6.62. The molecular weight excluding hydrogens is 429 g/mol. The number of ether oxygens (including phenoxy) is 1. The normalized spacial score (nSPS) is 10.7. The van der Waals surface area contributed by atoms with Gasteiger partial charge in [-0.1, -0.05) is 40.8 Å². The van der Waals surface area contributed by atoms with Gasteiger partial charge in [-0.25, -0.2) is 10.1 Å². The van der Waals surface area contributed by atoms with Gasteiger partial charge in [0.1, 0.15) is 5.75 Å². The fourth-order valence-electron chi connectivity index (χ4n) is 2.42. The highest BCUT2D eigenvalue weighted by atomic mass is 127. The minimum atomic E-state index is -0.155. The first-order valence-corrected chi connectivity index (χ1v) is 9.42. The van der Waals surface area contributed by atoms with Gasteiger partial charge in [-0.15, -0.1) is 0 Å². The van der Waals surface area contributed by atoms with Crippen molar-refractivity contribution in [2.45, 2.75) is 24.7 Å². The summed E-state index contributed by atoms with van der Waals surface area (Å²) in [5.74, 6) is 1.36. The van der Waals surface area contributed by atoms with E-state index in [-0.39, 0.29) is 5.56 Å². The van der Waals surface area contributed by atoms with Crippen molar-refractivity contribution < 1.29 is 4.74 Å². The number of nitrogens with zero attached hydrogens (tertiary/aromatic N) is 2. The number of benzene rings is 1. The molecule has 2 aromatic heterocycles. The van der Waals surface area contributed by atoms with Crippen LogP contribution in [0.3, 0.4) is 0 Å². The van der Waals surface area contributed by atoms with Crippen molar-refractivity contribution >= 4 is 22.6 Å². The number of hydrogen-bond acceptors (Lipinski definition) is 4. The summed E-state index contributed by atoms with van der Waals surface area (Å²) in [7, 11) is 0. The van der Waals surface area contributed by atoms with Crippen LogP contribution in [0.15, 0.2) is 47.3 Å². The third-order valence-electron chi connectivity index (χ3n) is 3.81. The molecule has 0 radical (unpaired) electrons. The number of halogens is 1. The van der Waals surface area contributed by atoms with E-state index in [2.05, 4.69) is 37.8 Å². The lowest BCUT2D eigenvalue weighted by atomic mass is 10.1. The average molecular weight is 447 g/mol. The molecule has 0 amide bonds. The number of pyridine rings is 1. The third-order valence-corrected chi connectivity index (χ3v) is 4.59. The van der Waals surface area contributed by atoms with Crippen LogP contribution < -0.4 is 10.3 Å². The van der Waals surface area contributed by atoms with Crippen molar-refractivity contribution in [2.24, 2.45) is 0 Å². The Morgan fingerprint density at radius 3 is 2.68 bits per heavy atom. The van der Waals surface area contributed by atoms with E-state index >= 15 is 0 Å². The smallest absolute Gasteiger partial charge is 0.267 e. The van der Waals surface area contributed by atoms with E-state index in [0.717, 1.165) is 32.7 Å². The van der Waals surface area contributed by atoms with Crippen molar-refractivity contribution in [3.8, 4) is 11.6 Å². The molecule has 0 aliphatic heterocycles. The van der Waals surface area contributed by atoms with E-state index in [0.29, 0.717) is 17.9 Å². The molecular formula is C19H18IN3O2. The van der Waals surface area contributed by atoms with Gasteiger partial charge < -0.3 is 4.74 Å². The van der Waals surface area contributed by atoms with Crippen LogP contribution in [0.2, 0.25) is 0 Å². The second-order valence-corrected chi connectivity index (χ2v) is 6.61. The topological polar surface area (TPSA) is 67.9 Å². The Bertz CT molecular complexity index is 953. The zero-order valence-corrected chi connectivity index (χ0v) is 16.2. The van der Waals surface area contributed by atoms with Crippen LogP contribution in [0.25, 0.3) is 0 Å². The summed E-state index contributed by atoms with van der Waals surface area (Å²) in [6.07, 6.45) is 0.621. The zero-order valence-electron chi connectivity index (χ0n) is 14.0. The van der Waals surface area contributed by atoms with Gasteiger partial charge in [0.15, 0.2) is 0 Å². The summed E-state index contributed by atoms with van der Waals surface area (Å²) in [6.45, 7) is 3.78. The molecule has 6 heteroatoms.